The predicted octanol–water partition coefficient (Wildman–Crippen LogP) is 7.64. The van der Waals surface area contributed by atoms with Crippen LogP contribution in [0.1, 0.15) is 5.56 Å². The normalized spacial score (nSPS) is 10.8. The van der Waals surface area contributed by atoms with Crippen molar-refractivity contribution in [3.63, 3.8) is 0 Å². The quantitative estimate of drug-likeness (QED) is 0.297. The van der Waals surface area contributed by atoms with Crippen molar-refractivity contribution in [1.29, 1.82) is 0 Å². The fourth-order valence-corrected chi connectivity index (χ4v) is 3.69. The Kier molecular flexibility index (Phi) is 5.73. The largest absolute Gasteiger partial charge is 0.489 e. The first-order valence-electron chi connectivity index (χ1n) is 10.4. The van der Waals surface area contributed by atoms with Crippen LogP contribution in [0.2, 0.25) is 5.02 Å². The summed E-state index contributed by atoms with van der Waals surface area (Å²) in [6.45, 7) is 0.554. The molecular formula is C28H21ClN2O. The number of hydrogen-bond acceptors (Lipinski definition) is 2. The van der Waals surface area contributed by atoms with Crippen molar-refractivity contribution in [3.05, 3.63) is 120 Å². The molecule has 0 amide bonds. The Hall–Kier alpha value is -3.82. The van der Waals surface area contributed by atoms with Crippen LogP contribution in [-0.2, 0) is 6.61 Å². The van der Waals surface area contributed by atoms with Crippen LogP contribution in [0, 0.1) is 0 Å². The zero-order valence-corrected chi connectivity index (χ0v) is 18.1. The maximum Gasteiger partial charge on any atom is 0.119 e. The minimum absolute atomic E-state index is 0.554. The maximum atomic E-state index is 5.99. The standard InChI is InChI=1S/C28H21ClN2O/c29-25-14-10-22(11-15-25)21-6-8-23(9-7-21)27-18-28(31-30-27)24-12-16-26(17-13-24)32-19-20-4-2-1-3-5-20/h1-18H,19H2,(H,30,31). The van der Waals surface area contributed by atoms with Gasteiger partial charge in [-0.2, -0.15) is 5.10 Å². The summed E-state index contributed by atoms with van der Waals surface area (Å²) < 4.78 is 5.88. The molecule has 1 aromatic heterocycles. The number of aromatic amines is 1. The second kappa shape index (κ2) is 9.13. The van der Waals surface area contributed by atoms with Crippen molar-refractivity contribution in [3.8, 4) is 39.4 Å². The topological polar surface area (TPSA) is 37.9 Å². The van der Waals surface area contributed by atoms with E-state index >= 15 is 0 Å². The van der Waals surface area contributed by atoms with Gasteiger partial charge in [0.1, 0.15) is 12.4 Å². The fourth-order valence-electron chi connectivity index (χ4n) is 3.56. The lowest BCUT2D eigenvalue weighted by atomic mass is 10.0. The number of benzene rings is 4. The Bertz CT molecular complexity index is 1290. The second-order valence-electron chi connectivity index (χ2n) is 7.55. The highest BCUT2D eigenvalue weighted by atomic mass is 35.5. The molecule has 0 atom stereocenters. The third-order valence-corrected chi connectivity index (χ3v) is 5.60. The van der Waals surface area contributed by atoms with Gasteiger partial charge in [-0.3, -0.25) is 5.10 Å². The zero-order chi connectivity index (χ0) is 21.8. The number of nitrogens with zero attached hydrogens (tertiary/aromatic N) is 1. The van der Waals surface area contributed by atoms with Crippen LogP contribution in [0.5, 0.6) is 5.75 Å². The van der Waals surface area contributed by atoms with Crippen molar-refractivity contribution >= 4 is 11.6 Å². The molecule has 0 aliphatic heterocycles. The minimum Gasteiger partial charge on any atom is -0.489 e. The van der Waals surface area contributed by atoms with Crippen LogP contribution < -0.4 is 4.74 Å². The molecule has 4 heteroatoms. The Morgan fingerprint density at radius 1 is 0.656 bits per heavy atom. The lowest BCUT2D eigenvalue weighted by Gasteiger charge is -2.06. The van der Waals surface area contributed by atoms with Gasteiger partial charge in [0, 0.05) is 10.6 Å². The lowest BCUT2D eigenvalue weighted by Crippen LogP contribution is -1.94. The van der Waals surface area contributed by atoms with Gasteiger partial charge in [-0.05, 0) is 64.7 Å². The molecule has 0 bridgehead atoms. The molecule has 156 valence electrons. The van der Waals surface area contributed by atoms with Gasteiger partial charge in [0.05, 0.1) is 11.4 Å². The highest BCUT2D eigenvalue weighted by Gasteiger charge is 2.07. The van der Waals surface area contributed by atoms with Crippen LogP contribution in [-0.4, -0.2) is 10.2 Å². The van der Waals surface area contributed by atoms with E-state index in [9.17, 15) is 0 Å². The number of rotatable bonds is 6. The highest BCUT2D eigenvalue weighted by molar-refractivity contribution is 6.30. The monoisotopic (exact) mass is 436 g/mol. The number of H-pyrrole nitrogens is 1. The van der Waals surface area contributed by atoms with Crippen molar-refractivity contribution in [2.45, 2.75) is 6.61 Å². The average molecular weight is 437 g/mol. The molecule has 0 aliphatic rings. The van der Waals surface area contributed by atoms with Crippen LogP contribution >= 0.6 is 11.6 Å². The SMILES string of the molecule is Clc1ccc(-c2ccc(-c3cc(-c4ccc(OCc5ccccc5)cc4)n[nH]3)cc2)cc1. The Balaban J connectivity index is 1.27. The van der Waals surface area contributed by atoms with E-state index in [1.807, 2.05) is 66.7 Å². The molecule has 1 N–H and O–H groups in total. The summed E-state index contributed by atoms with van der Waals surface area (Å²) in [5.41, 5.74) is 7.44. The molecule has 4 aromatic carbocycles. The molecule has 0 unspecified atom stereocenters. The van der Waals surface area contributed by atoms with E-state index in [0.29, 0.717) is 6.61 Å². The average Bonchev–Trinajstić information content (AvgIpc) is 3.35. The Labute approximate surface area is 192 Å². The fraction of sp³-hybridized carbons (Fsp3) is 0.0357. The van der Waals surface area contributed by atoms with E-state index in [0.717, 1.165) is 50.0 Å². The zero-order valence-electron chi connectivity index (χ0n) is 17.3. The van der Waals surface area contributed by atoms with Gasteiger partial charge in [0.25, 0.3) is 0 Å². The summed E-state index contributed by atoms with van der Waals surface area (Å²) in [7, 11) is 0. The third-order valence-electron chi connectivity index (χ3n) is 5.35. The van der Waals surface area contributed by atoms with Crippen molar-refractivity contribution < 1.29 is 4.74 Å². The van der Waals surface area contributed by atoms with Crippen molar-refractivity contribution in [2.75, 3.05) is 0 Å². The summed E-state index contributed by atoms with van der Waals surface area (Å²) >= 11 is 5.99. The summed E-state index contributed by atoms with van der Waals surface area (Å²) in [4.78, 5) is 0. The van der Waals surface area contributed by atoms with E-state index in [2.05, 4.69) is 52.7 Å². The van der Waals surface area contributed by atoms with Crippen molar-refractivity contribution in [2.24, 2.45) is 0 Å². The van der Waals surface area contributed by atoms with E-state index in [1.54, 1.807) is 0 Å². The molecule has 3 nitrogen and oxygen atoms in total. The third kappa shape index (κ3) is 4.58. The van der Waals surface area contributed by atoms with Crippen LogP contribution in [0.3, 0.4) is 0 Å². The first-order valence-corrected chi connectivity index (χ1v) is 10.8. The maximum absolute atomic E-state index is 5.99. The second-order valence-corrected chi connectivity index (χ2v) is 7.99. The van der Waals surface area contributed by atoms with Gasteiger partial charge < -0.3 is 4.74 Å². The summed E-state index contributed by atoms with van der Waals surface area (Å²) in [6, 6.07) is 36.5. The van der Waals surface area contributed by atoms with Gasteiger partial charge in [-0.1, -0.05) is 78.3 Å². The Morgan fingerprint density at radius 3 is 1.94 bits per heavy atom. The van der Waals surface area contributed by atoms with Gasteiger partial charge >= 0.3 is 0 Å². The van der Waals surface area contributed by atoms with E-state index in [4.69, 9.17) is 16.3 Å². The first kappa shape index (κ1) is 20.1. The summed E-state index contributed by atoms with van der Waals surface area (Å²) in [5.74, 6) is 0.839. The first-order chi connectivity index (χ1) is 15.7. The van der Waals surface area contributed by atoms with Crippen LogP contribution in [0.4, 0.5) is 0 Å². The lowest BCUT2D eigenvalue weighted by molar-refractivity contribution is 0.306. The predicted molar refractivity (Wildman–Crippen MR) is 131 cm³/mol. The van der Waals surface area contributed by atoms with E-state index in [-0.39, 0.29) is 0 Å². The number of ether oxygens (including phenoxy) is 1. The number of halogens is 1. The molecule has 0 saturated carbocycles. The van der Waals surface area contributed by atoms with Gasteiger partial charge in [-0.15, -0.1) is 0 Å². The van der Waals surface area contributed by atoms with Gasteiger partial charge in [0.2, 0.25) is 0 Å². The molecule has 0 radical (unpaired) electrons. The number of hydrogen-bond donors (Lipinski definition) is 1. The van der Waals surface area contributed by atoms with E-state index < -0.39 is 0 Å². The van der Waals surface area contributed by atoms with Crippen LogP contribution in [0.25, 0.3) is 33.6 Å². The van der Waals surface area contributed by atoms with E-state index in [1.165, 1.54) is 0 Å². The molecular weight excluding hydrogens is 416 g/mol. The highest BCUT2D eigenvalue weighted by Crippen LogP contribution is 2.28. The summed E-state index contributed by atoms with van der Waals surface area (Å²) in [5, 5.41) is 8.39. The molecule has 0 saturated heterocycles. The summed E-state index contributed by atoms with van der Waals surface area (Å²) in [6.07, 6.45) is 0. The number of nitrogens with one attached hydrogen (secondary N) is 1. The molecule has 0 spiro atoms. The van der Waals surface area contributed by atoms with Gasteiger partial charge in [0.15, 0.2) is 0 Å². The minimum atomic E-state index is 0.554. The molecule has 0 aliphatic carbocycles. The van der Waals surface area contributed by atoms with Gasteiger partial charge in [-0.25, -0.2) is 0 Å². The van der Waals surface area contributed by atoms with Crippen molar-refractivity contribution in [1.82, 2.24) is 10.2 Å². The molecule has 0 fully saturated rings. The molecule has 5 rings (SSSR count). The number of aromatic nitrogens is 2. The smallest absolute Gasteiger partial charge is 0.119 e. The Morgan fingerprint density at radius 2 is 1.25 bits per heavy atom. The van der Waals surface area contributed by atoms with Crippen LogP contribution in [0.15, 0.2) is 109 Å². The molecule has 32 heavy (non-hydrogen) atoms. The molecule has 1 heterocycles. The molecule has 5 aromatic rings.